The van der Waals surface area contributed by atoms with Gasteiger partial charge in [-0.2, -0.15) is 5.10 Å². The van der Waals surface area contributed by atoms with E-state index in [1.807, 2.05) is 0 Å². The molecule has 76 valence electrons. The number of hydrogen-bond acceptors (Lipinski definition) is 3. The van der Waals surface area contributed by atoms with Gasteiger partial charge in [0.25, 0.3) is 0 Å². The van der Waals surface area contributed by atoms with Gasteiger partial charge in [0.1, 0.15) is 6.10 Å². The van der Waals surface area contributed by atoms with Crippen LogP contribution in [0.15, 0.2) is 0 Å². The van der Waals surface area contributed by atoms with Crippen molar-refractivity contribution in [2.75, 3.05) is 0 Å². The molecule has 0 bridgehead atoms. The maximum atomic E-state index is 10.4. The van der Waals surface area contributed by atoms with Crippen LogP contribution in [0.4, 0.5) is 0 Å². The van der Waals surface area contributed by atoms with Crippen molar-refractivity contribution in [1.82, 2.24) is 10.2 Å². The van der Waals surface area contributed by atoms with E-state index in [-0.39, 0.29) is 6.42 Å². The van der Waals surface area contributed by atoms with Crippen LogP contribution >= 0.6 is 0 Å². The lowest BCUT2D eigenvalue weighted by Crippen LogP contribution is -2.07. The minimum absolute atomic E-state index is 0.280. The number of carboxylic acids is 1. The molecule has 1 aliphatic rings. The second kappa shape index (κ2) is 3.42. The van der Waals surface area contributed by atoms with Crippen LogP contribution in [0.3, 0.4) is 0 Å². The van der Waals surface area contributed by atoms with E-state index in [9.17, 15) is 9.90 Å². The average Bonchev–Trinajstić information content (AvgIpc) is 2.59. The smallest absolute Gasteiger partial charge is 0.306 e. The van der Waals surface area contributed by atoms with Gasteiger partial charge in [-0.15, -0.1) is 0 Å². The average molecular weight is 196 g/mol. The van der Waals surface area contributed by atoms with E-state index >= 15 is 0 Å². The number of H-pyrrole nitrogens is 1. The van der Waals surface area contributed by atoms with Gasteiger partial charge >= 0.3 is 5.97 Å². The van der Waals surface area contributed by atoms with Crippen LogP contribution in [-0.4, -0.2) is 26.4 Å². The highest BCUT2D eigenvalue weighted by Gasteiger charge is 2.24. The van der Waals surface area contributed by atoms with Crippen molar-refractivity contribution in [3.63, 3.8) is 0 Å². The summed E-state index contributed by atoms with van der Waals surface area (Å²) in [4.78, 5) is 10.4. The zero-order valence-corrected chi connectivity index (χ0v) is 7.66. The quantitative estimate of drug-likeness (QED) is 0.653. The van der Waals surface area contributed by atoms with Gasteiger partial charge in [-0.05, 0) is 24.8 Å². The fourth-order valence-corrected chi connectivity index (χ4v) is 1.88. The Hall–Kier alpha value is -1.36. The molecule has 0 saturated heterocycles. The number of rotatable bonds is 3. The Bertz CT molecular complexity index is 359. The van der Waals surface area contributed by atoms with E-state index in [1.165, 1.54) is 0 Å². The molecule has 0 spiro atoms. The fraction of sp³-hybridized carbons (Fsp3) is 0.556. The van der Waals surface area contributed by atoms with Crippen LogP contribution < -0.4 is 0 Å². The molecule has 1 unspecified atom stereocenters. The van der Waals surface area contributed by atoms with Crippen molar-refractivity contribution >= 4 is 5.97 Å². The first-order valence-electron chi connectivity index (χ1n) is 4.64. The Morgan fingerprint density at radius 1 is 1.57 bits per heavy atom. The first-order chi connectivity index (χ1) is 6.68. The minimum atomic E-state index is -1.01. The van der Waals surface area contributed by atoms with Crippen LogP contribution in [0.25, 0.3) is 0 Å². The van der Waals surface area contributed by atoms with Gasteiger partial charge in [-0.1, -0.05) is 0 Å². The number of aliphatic hydroxyl groups excluding tert-OH is 1. The molecule has 0 aliphatic heterocycles. The molecule has 3 N–H and O–H groups in total. The Morgan fingerprint density at radius 3 is 3.07 bits per heavy atom. The molecule has 5 nitrogen and oxygen atoms in total. The lowest BCUT2D eigenvalue weighted by molar-refractivity contribution is -0.139. The SMILES string of the molecule is O=C(O)CC(O)c1n[nH]c2c1CCC2. The number of aromatic nitrogens is 2. The number of nitrogens with one attached hydrogen (secondary N) is 1. The Balaban J connectivity index is 2.19. The monoisotopic (exact) mass is 196 g/mol. The third-order valence-electron chi connectivity index (χ3n) is 2.52. The van der Waals surface area contributed by atoms with E-state index < -0.39 is 12.1 Å². The molecule has 5 heteroatoms. The first kappa shape index (κ1) is 9.21. The maximum Gasteiger partial charge on any atom is 0.306 e. The third kappa shape index (κ3) is 1.50. The normalized spacial score (nSPS) is 16.6. The Morgan fingerprint density at radius 2 is 2.36 bits per heavy atom. The highest BCUT2D eigenvalue weighted by Crippen LogP contribution is 2.27. The molecule has 0 fully saturated rings. The van der Waals surface area contributed by atoms with Crippen LogP contribution in [0.2, 0.25) is 0 Å². The van der Waals surface area contributed by atoms with Gasteiger partial charge in [0.05, 0.1) is 12.1 Å². The molecule has 1 aromatic heterocycles. The summed E-state index contributed by atoms with van der Waals surface area (Å²) < 4.78 is 0. The highest BCUT2D eigenvalue weighted by atomic mass is 16.4. The number of fused-ring (bicyclic) bond motifs is 1. The predicted octanol–water partition coefficient (Wildman–Crippen LogP) is 0.406. The molecule has 0 radical (unpaired) electrons. The van der Waals surface area contributed by atoms with E-state index in [0.29, 0.717) is 5.69 Å². The Labute approximate surface area is 80.8 Å². The van der Waals surface area contributed by atoms with Crippen molar-refractivity contribution in [1.29, 1.82) is 0 Å². The molecule has 1 atom stereocenters. The molecular formula is C9H12N2O3. The second-order valence-electron chi connectivity index (χ2n) is 3.53. The molecule has 14 heavy (non-hydrogen) atoms. The fourth-order valence-electron chi connectivity index (χ4n) is 1.88. The van der Waals surface area contributed by atoms with Crippen molar-refractivity contribution in [2.24, 2.45) is 0 Å². The van der Waals surface area contributed by atoms with E-state index in [1.54, 1.807) is 0 Å². The van der Waals surface area contributed by atoms with Crippen LogP contribution in [-0.2, 0) is 17.6 Å². The summed E-state index contributed by atoms with van der Waals surface area (Å²) in [5.41, 5.74) is 2.57. The first-order valence-corrected chi connectivity index (χ1v) is 4.64. The molecule has 0 saturated carbocycles. The molecule has 1 aliphatic carbocycles. The van der Waals surface area contributed by atoms with Crippen LogP contribution in [0.5, 0.6) is 0 Å². The summed E-state index contributed by atoms with van der Waals surface area (Å²) in [5, 5.41) is 24.9. The van der Waals surface area contributed by atoms with E-state index in [0.717, 1.165) is 30.5 Å². The van der Waals surface area contributed by atoms with E-state index in [2.05, 4.69) is 10.2 Å². The summed E-state index contributed by atoms with van der Waals surface area (Å²) in [7, 11) is 0. The topological polar surface area (TPSA) is 86.2 Å². The number of carboxylic acid groups (broad SMARTS) is 1. The molecular weight excluding hydrogens is 184 g/mol. The summed E-state index contributed by atoms with van der Waals surface area (Å²) in [6, 6.07) is 0. The number of hydrogen-bond donors (Lipinski definition) is 3. The highest BCUT2D eigenvalue weighted by molar-refractivity contribution is 5.67. The number of aliphatic carboxylic acids is 1. The van der Waals surface area contributed by atoms with Gasteiger partial charge in [-0.25, -0.2) is 0 Å². The summed E-state index contributed by atoms with van der Waals surface area (Å²) >= 11 is 0. The second-order valence-corrected chi connectivity index (χ2v) is 3.53. The number of carbonyl (C=O) groups is 1. The van der Waals surface area contributed by atoms with Gasteiger partial charge in [0, 0.05) is 5.69 Å². The summed E-state index contributed by atoms with van der Waals surface area (Å²) in [6.45, 7) is 0. The number of aryl methyl sites for hydroxylation is 1. The van der Waals surface area contributed by atoms with Crippen molar-refractivity contribution in [3.05, 3.63) is 17.0 Å². The molecule has 2 rings (SSSR count). The Kier molecular flexibility index (Phi) is 2.25. The van der Waals surface area contributed by atoms with Gasteiger partial charge in [-0.3, -0.25) is 9.89 Å². The van der Waals surface area contributed by atoms with Crippen LogP contribution in [0.1, 0.15) is 35.9 Å². The molecule has 0 amide bonds. The molecule has 1 heterocycles. The summed E-state index contributed by atoms with van der Waals surface area (Å²) in [6.07, 6.45) is 1.62. The minimum Gasteiger partial charge on any atom is -0.481 e. The van der Waals surface area contributed by atoms with Gasteiger partial charge in [0.2, 0.25) is 0 Å². The summed E-state index contributed by atoms with van der Waals surface area (Å²) in [5.74, 6) is -1.01. The lowest BCUT2D eigenvalue weighted by Gasteiger charge is -2.05. The molecule has 0 aromatic carbocycles. The number of aromatic amines is 1. The maximum absolute atomic E-state index is 10.4. The predicted molar refractivity (Wildman–Crippen MR) is 47.8 cm³/mol. The zero-order chi connectivity index (χ0) is 10.1. The lowest BCUT2D eigenvalue weighted by atomic mass is 10.1. The van der Waals surface area contributed by atoms with Gasteiger partial charge < -0.3 is 10.2 Å². The van der Waals surface area contributed by atoms with Crippen molar-refractivity contribution in [2.45, 2.75) is 31.8 Å². The number of nitrogens with zero attached hydrogens (tertiary/aromatic N) is 1. The van der Waals surface area contributed by atoms with E-state index in [4.69, 9.17) is 5.11 Å². The largest absolute Gasteiger partial charge is 0.481 e. The standard InChI is InChI=1S/C9H12N2O3/c12-7(4-8(13)14)9-5-2-1-3-6(5)10-11-9/h7,12H,1-4H2,(H,10,11)(H,13,14). The van der Waals surface area contributed by atoms with Gasteiger partial charge in [0.15, 0.2) is 0 Å². The van der Waals surface area contributed by atoms with Crippen molar-refractivity contribution in [3.8, 4) is 0 Å². The van der Waals surface area contributed by atoms with Crippen molar-refractivity contribution < 1.29 is 15.0 Å². The number of aliphatic hydroxyl groups is 1. The van der Waals surface area contributed by atoms with Crippen LogP contribution in [0, 0.1) is 0 Å². The third-order valence-corrected chi connectivity index (χ3v) is 2.52. The molecule has 1 aromatic rings. The zero-order valence-electron chi connectivity index (χ0n) is 7.66.